The Morgan fingerprint density at radius 1 is 1.00 bits per heavy atom. The van der Waals surface area contributed by atoms with Gasteiger partial charge in [0.1, 0.15) is 5.69 Å². The molecule has 1 aromatic heterocycles. The van der Waals surface area contributed by atoms with Crippen LogP contribution in [0.5, 0.6) is 5.75 Å². The maximum absolute atomic E-state index is 13.2. The maximum Gasteiger partial charge on any atom is 0.438 e. The average molecular weight is 383 g/mol. The fraction of sp³-hybridized carbons (Fsp3) is 0.0625. The molecule has 0 aliphatic carbocycles. The van der Waals surface area contributed by atoms with E-state index in [0.29, 0.717) is 5.56 Å². The molecular formula is C16H12F3N3O3S. The first-order chi connectivity index (χ1) is 12.1. The molecule has 0 aliphatic heterocycles. The second-order valence-corrected chi connectivity index (χ2v) is 6.92. The van der Waals surface area contributed by atoms with Crippen LogP contribution in [0.25, 0.3) is 16.9 Å². The highest BCUT2D eigenvalue weighted by Crippen LogP contribution is 2.42. The SMILES string of the molecule is NS(=O)(=O)c1ccc(-n2nc(C(F)(F)F)c(O)c2-c2ccccc2)cc1. The van der Waals surface area contributed by atoms with Gasteiger partial charge in [-0.05, 0) is 24.3 Å². The minimum absolute atomic E-state index is 0.127. The summed E-state index contributed by atoms with van der Waals surface area (Å²) in [6, 6.07) is 12.7. The predicted molar refractivity (Wildman–Crippen MR) is 87.0 cm³/mol. The summed E-state index contributed by atoms with van der Waals surface area (Å²) in [5, 5.41) is 18.6. The summed E-state index contributed by atoms with van der Waals surface area (Å²) in [6.07, 6.45) is -4.86. The Balaban J connectivity index is 2.24. The first kappa shape index (κ1) is 18.0. The molecule has 0 bridgehead atoms. The molecule has 0 amide bonds. The van der Waals surface area contributed by atoms with E-state index in [9.17, 15) is 26.7 Å². The average Bonchev–Trinajstić information content (AvgIpc) is 2.92. The van der Waals surface area contributed by atoms with Gasteiger partial charge in [-0.25, -0.2) is 18.2 Å². The topological polar surface area (TPSA) is 98.2 Å². The molecule has 3 rings (SSSR count). The zero-order chi connectivity index (χ0) is 19.1. The molecule has 26 heavy (non-hydrogen) atoms. The zero-order valence-electron chi connectivity index (χ0n) is 13.0. The summed E-state index contributed by atoms with van der Waals surface area (Å²) in [7, 11) is -3.95. The monoisotopic (exact) mass is 383 g/mol. The fourth-order valence-electron chi connectivity index (χ4n) is 2.42. The van der Waals surface area contributed by atoms with E-state index in [4.69, 9.17) is 5.14 Å². The van der Waals surface area contributed by atoms with Crippen molar-refractivity contribution in [3.8, 4) is 22.7 Å². The number of hydrogen-bond donors (Lipinski definition) is 2. The summed E-state index contributed by atoms with van der Waals surface area (Å²) in [5.74, 6) is -1.01. The van der Waals surface area contributed by atoms with Crippen molar-refractivity contribution < 1.29 is 26.7 Å². The van der Waals surface area contributed by atoms with Crippen LogP contribution < -0.4 is 5.14 Å². The van der Waals surface area contributed by atoms with Gasteiger partial charge in [0, 0.05) is 5.56 Å². The highest BCUT2D eigenvalue weighted by Gasteiger charge is 2.40. The van der Waals surface area contributed by atoms with Crippen molar-refractivity contribution in [3.05, 3.63) is 60.3 Å². The Morgan fingerprint density at radius 3 is 2.08 bits per heavy atom. The molecule has 0 atom stereocenters. The van der Waals surface area contributed by atoms with Crippen molar-refractivity contribution in [1.29, 1.82) is 0 Å². The quantitative estimate of drug-likeness (QED) is 0.727. The molecule has 0 saturated heterocycles. The molecule has 0 radical (unpaired) electrons. The van der Waals surface area contributed by atoms with E-state index in [2.05, 4.69) is 5.10 Å². The Hall–Kier alpha value is -2.85. The molecule has 0 unspecified atom stereocenters. The molecule has 3 N–H and O–H groups in total. The minimum atomic E-state index is -4.86. The minimum Gasteiger partial charge on any atom is -0.504 e. The van der Waals surface area contributed by atoms with Gasteiger partial charge in [0.15, 0.2) is 5.75 Å². The van der Waals surface area contributed by atoms with Crippen LogP contribution in [0.2, 0.25) is 0 Å². The van der Waals surface area contributed by atoms with Crippen molar-refractivity contribution in [1.82, 2.24) is 9.78 Å². The number of aromatic hydroxyl groups is 1. The third kappa shape index (κ3) is 3.28. The Kier molecular flexibility index (Phi) is 4.24. The van der Waals surface area contributed by atoms with Gasteiger partial charge in [0.05, 0.1) is 10.6 Å². The van der Waals surface area contributed by atoms with E-state index < -0.39 is 27.6 Å². The van der Waals surface area contributed by atoms with Crippen LogP contribution in [0, 0.1) is 0 Å². The lowest BCUT2D eigenvalue weighted by Crippen LogP contribution is -2.12. The van der Waals surface area contributed by atoms with Crippen molar-refractivity contribution in [3.63, 3.8) is 0 Å². The summed E-state index contributed by atoms with van der Waals surface area (Å²) in [6.45, 7) is 0. The van der Waals surface area contributed by atoms with E-state index >= 15 is 0 Å². The lowest BCUT2D eigenvalue weighted by Gasteiger charge is -2.08. The van der Waals surface area contributed by atoms with Crippen molar-refractivity contribution in [2.24, 2.45) is 5.14 Å². The smallest absolute Gasteiger partial charge is 0.438 e. The van der Waals surface area contributed by atoms with Crippen LogP contribution in [0.3, 0.4) is 0 Å². The Morgan fingerprint density at radius 2 is 1.58 bits per heavy atom. The number of aromatic nitrogens is 2. The number of benzene rings is 2. The van der Waals surface area contributed by atoms with Crippen LogP contribution in [-0.4, -0.2) is 23.3 Å². The number of rotatable bonds is 3. The van der Waals surface area contributed by atoms with Crippen LogP contribution in [-0.2, 0) is 16.2 Å². The molecule has 0 spiro atoms. The normalized spacial score (nSPS) is 12.3. The van der Waals surface area contributed by atoms with Crippen molar-refractivity contribution in [2.75, 3.05) is 0 Å². The summed E-state index contributed by atoms with van der Waals surface area (Å²) in [4.78, 5) is -0.199. The number of halogens is 3. The first-order valence-electron chi connectivity index (χ1n) is 7.17. The van der Waals surface area contributed by atoms with Gasteiger partial charge in [0.25, 0.3) is 0 Å². The summed E-state index contributed by atoms with van der Waals surface area (Å²) >= 11 is 0. The number of sulfonamides is 1. The van der Waals surface area contributed by atoms with Gasteiger partial charge >= 0.3 is 6.18 Å². The van der Waals surface area contributed by atoms with Gasteiger partial charge in [-0.1, -0.05) is 30.3 Å². The van der Waals surface area contributed by atoms with Crippen molar-refractivity contribution in [2.45, 2.75) is 11.1 Å². The van der Waals surface area contributed by atoms with E-state index in [1.165, 1.54) is 24.3 Å². The van der Waals surface area contributed by atoms with E-state index in [1.807, 2.05) is 0 Å². The third-order valence-corrected chi connectivity index (χ3v) is 4.52. The molecule has 136 valence electrons. The molecule has 6 nitrogen and oxygen atoms in total. The van der Waals surface area contributed by atoms with Gasteiger partial charge in [-0.15, -0.1) is 0 Å². The van der Waals surface area contributed by atoms with E-state index in [0.717, 1.165) is 16.8 Å². The molecule has 1 heterocycles. The zero-order valence-corrected chi connectivity index (χ0v) is 13.8. The molecule has 2 aromatic carbocycles. The standard InChI is InChI=1S/C16H12F3N3O3S/c17-16(18,19)15-14(23)13(10-4-2-1-3-5-10)22(21-15)11-6-8-12(9-7-11)26(20,24)25/h1-9,23H,(H2,20,24,25). The fourth-order valence-corrected chi connectivity index (χ4v) is 2.94. The lowest BCUT2D eigenvalue weighted by atomic mass is 10.1. The number of nitrogens with zero attached hydrogens (tertiary/aromatic N) is 2. The van der Waals surface area contributed by atoms with E-state index in [-0.39, 0.29) is 16.3 Å². The lowest BCUT2D eigenvalue weighted by molar-refractivity contribution is -0.142. The molecule has 3 aromatic rings. The van der Waals surface area contributed by atoms with Gasteiger partial charge in [0.2, 0.25) is 15.7 Å². The highest BCUT2D eigenvalue weighted by atomic mass is 32.2. The third-order valence-electron chi connectivity index (χ3n) is 3.59. The van der Waals surface area contributed by atoms with Crippen LogP contribution in [0.15, 0.2) is 59.5 Å². The predicted octanol–water partition coefficient (Wildman–Crippen LogP) is 2.91. The number of nitrogens with two attached hydrogens (primary N) is 1. The molecule has 0 fully saturated rings. The van der Waals surface area contributed by atoms with Gasteiger partial charge < -0.3 is 5.11 Å². The maximum atomic E-state index is 13.2. The summed E-state index contributed by atoms with van der Waals surface area (Å²) < 4.78 is 63.0. The van der Waals surface area contributed by atoms with Crippen LogP contribution in [0.1, 0.15) is 5.69 Å². The molecular weight excluding hydrogens is 371 g/mol. The molecule has 10 heteroatoms. The van der Waals surface area contributed by atoms with Crippen LogP contribution in [0.4, 0.5) is 13.2 Å². The molecule has 0 aliphatic rings. The number of alkyl halides is 3. The molecule has 0 saturated carbocycles. The second-order valence-electron chi connectivity index (χ2n) is 5.36. The van der Waals surface area contributed by atoms with Crippen molar-refractivity contribution >= 4 is 10.0 Å². The Labute approximate surface area is 146 Å². The first-order valence-corrected chi connectivity index (χ1v) is 8.71. The largest absolute Gasteiger partial charge is 0.504 e. The number of primary sulfonamides is 1. The summed E-state index contributed by atoms with van der Waals surface area (Å²) in [5.41, 5.74) is -1.17. The van der Waals surface area contributed by atoms with Gasteiger partial charge in [-0.2, -0.15) is 18.3 Å². The Bertz CT molecular complexity index is 1040. The second kappa shape index (κ2) is 6.15. The van der Waals surface area contributed by atoms with Crippen LogP contribution >= 0.6 is 0 Å². The highest BCUT2D eigenvalue weighted by molar-refractivity contribution is 7.89. The van der Waals surface area contributed by atoms with E-state index in [1.54, 1.807) is 18.2 Å². The van der Waals surface area contributed by atoms with Gasteiger partial charge in [-0.3, -0.25) is 0 Å². The number of hydrogen-bond acceptors (Lipinski definition) is 4.